The van der Waals surface area contributed by atoms with Crippen molar-refractivity contribution in [1.29, 1.82) is 0 Å². The molecule has 0 bridgehead atoms. The fraction of sp³-hybridized carbons (Fsp3) is 0.931. The van der Waals surface area contributed by atoms with Crippen LogP contribution in [0, 0.1) is 0 Å². The molecule has 0 spiro atoms. The molecule has 0 aromatic heterocycles. The van der Waals surface area contributed by atoms with Crippen LogP contribution in [0.5, 0.6) is 0 Å². The lowest BCUT2D eigenvalue weighted by atomic mass is 10.0. The third-order valence-corrected chi connectivity index (χ3v) is 6.81. The van der Waals surface area contributed by atoms with E-state index in [2.05, 4.69) is 21.0 Å². The molecule has 0 aliphatic heterocycles. The Labute approximate surface area is 211 Å². The Morgan fingerprint density at radius 1 is 0.706 bits per heavy atom. The first kappa shape index (κ1) is 32.9. The van der Waals surface area contributed by atoms with Gasteiger partial charge in [-0.2, -0.15) is 0 Å². The van der Waals surface area contributed by atoms with Gasteiger partial charge in [-0.3, -0.25) is 4.79 Å². The highest BCUT2D eigenvalue weighted by Gasteiger charge is 2.24. The lowest BCUT2D eigenvalue weighted by Gasteiger charge is -2.33. The van der Waals surface area contributed by atoms with Crippen LogP contribution in [-0.2, 0) is 14.3 Å². The maximum atomic E-state index is 11.9. The van der Waals surface area contributed by atoms with Crippen LogP contribution in [-0.4, -0.2) is 49.7 Å². The predicted octanol–water partition coefficient (Wildman–Crippen LogP) is 6.57. The molecule has 0 rings (SSSR count). The standard InChI is InChI=1S/C29H57NO4/c1-5-7-8-9-10-11-12-13-14-15-16-17-18-19-20-21-23-27(34-29(33)6-2)26-30(3,4)25-22-24-28(31)32/h27H,5-26H2,1-4H3. The molecule has 5 nitrogen and oxygen atoms in total. The van der Waals surface area contributed by atoms with E-state index in [1.807, 2.05) is 6.92 Å². The van der Waals surface area contributed by atoms with Crippen LogP contribution in [0.15, 0.2) is 0 Å². The van der Waals surface area contributed by atoms with Crippen LogP contribution in [0.25, 0.3) is 0 Å². The molecule has 34 heavy (non-hydrogen) atoms. The summed E-state index contributed by atoms with van der Waals surface area (Å²) in [5, 5.41) is 10.7. The fourth-order valence-electron chi connectivity index (χ4n) is 4.67. The smallest absolute Gasteiger partial charge is 0.305 e. The summed E-state index contributed by atoms with van der Waals surface area (Å²) in [5.41, 5.74) is 0. The number of hydrogen-bond donors (Lipinski definition) is 0. The number of nitrogens with zero attached hydrogens (tertiary/aromatic N) is 1. The summed E-state index contributed by atoms with van der Waals surface area (Å²) in [7, 11) is 4.16. The van der Waals surface area contributed by atoms with Crippen molar-refractivity contribution in [3.63, 3.8) is 0 Å². The number of carboxylic acids is 1. The summed E-state index contributed by atoms with van der Waals surface area (Å²) in [6.07, 6.45) is 23.5. The van der Waals surface area contributed by atoms with Gasteiger partial charge in [-0.15, -0.1) is 0 Å². The summed E-state index contributed by atoms with van der Waals surface area (Å²) < 4.78 is 6.36. The van der Waals surface area contributed by atoms with Gasteiger partial charge >= 0.3 is 5.97 Å². The molecule has 1 atom stereocenters. The lowest BCUT2D eigenvalue weighted by Crippen LogP contribution is -2.47. The maximum Gasteiger partial charge on any atom is 0.305 e. The summed E-state index contributed by atoms with van der Waals surface area (Å²) in [4.78, 5) is 22.5. The Morgan fingerprint density at radius 3 is 1.56 bits per heavy atom. The number of carboxylic acid groups (broad SMARTS) is 1. The van der Waals surface area contributed by atoms with E-state index in [0.29, 0.717) is 17.3 Å². The number of ether oxygens (including phenoxy) is 1. The third kappa shape index (κ3) is 22.7. The van der Waals surface area contributed by atoms with E-state index in [1.165, 1.54) is 96.3 Å². The summed E-state index contributed by atoms with van der Waals surface area (Å²) in [6, 6.07) is 0. The molecule has 0 N–H and O–H groups in total. The van der Waals surface area contributed by atoms with Gasteiger partial charge in [0.25, 0.3) is 0 Å². The van der Waals surface area contributed by atoms with E-state index in [4.69, 9.17) is 4.74 Å². The molecule has 1 unspecified atom stereocenters. The molecule has 0 aliphatic carbocycles. The first-order valence-electron chi connectivity index (χ1n) is 14.5. The molecule has 0 aliphatic rings. The molecule has 0 aromatic rings. The largest absolute Gasteiger partial charge is 0.550 e. The van der Waals surface area contributed by atoms with Crippen molar-refractivity contribution in [2.24, 2.45) is 0 Å². The first-order chi connectivity index (χ1) is 16.3. The van der Waals surface area contributed by atoms with Crippen LogP contribution in [0.4, 0.5) is 0 Å². The Bertz CT molecular complexity index is 493. The number of carbonyl (C=O) groups excluding carboxylic acids is 2. The van der Waals surface area contributed by atoms with Crippen molar-refractivity contribution in [1.82, 2.24) is 0 Å². The monoisotopic (exact) mass is 483 g/mol. The van der Waals surface area contributed by atoms with Crippen LogP contribution in [0.1, 0.15) is 142 Å². The number of hydrogen-bond acceptors (Lipinski definition) is 4. The number of esters is 1. The SMILES string of the molecule is CCCCCCCCCCCCCCCCCCC(C[N+](C)(C)CCCC(=O)[O-])OC(=O)CC. The molecule has 202 valence electrons. The highest BCUT2D eigenvalue weighted by molar-refractivity contribution is 5.69. The van der Waals surface area contributed by atoms with Crippen LogP contribution >= 0.6 is 0 Å². The molecule has 0 amide bonds. The van der Waals surface area contributed by atoms with Crippen molar-refractivity contribution in [2.45, 2.75) is 148 Å². The van der Waals surface area contributed by atoms with Gasteiger partial charge in [-0.1, -0.05) is 110 Å². The lowest BCUT2D eigenvalue weighted by molar-refractivity contribution is -0.893. The van der Waals surface area contributed by atoms with E-state index in [-0.39, 0.29) is 18.5 Å². The van der Waals surface area contributed by atoms with Gasteiger partial charge in [-0.25, -0.2) is 0 Å². The second-order valence-electron chi connectivity index (χ2n) is 10.9. The highest BCUT2D eigenvalue weighted by atomic mass is 16.5. The zero-order valence-corrected chi connectivity index (χ0v) is 23.2. The molecule has 0 radical (unpaired) electrons. The topological polar surface area (TPSA) is 66.4 Å². The number of rotatable bonds is 25. The second kappa shape index (κ2) is 22.4. The molecule has 0 saturated carbocycles. The predicted molar refractivity (Wildman–Crippen MR) is 140 cm³/mol. The number of unbranched alkanes of at least 4 members (excludes halogenated alkanes) is 15. The Morgan fingerprint density at radius 2 is 1.15 bits per heavy atom. The summed E-state index contributed by atoms with van der Waals surface area (Å²) >= 11 is 0. The van der Waals surface area contributed by atoms with Gasteiger partial charge in [0.2, 0.25) is 0 Å². The van der Waals surface area contributed by atoms with Crippen molar-refractivity contribution >= 4 is 11.9 Å². The van der Waals surface area contributed by atoms with Crippen molar-refractivity contribution in [2.75, 3.05) is 27.2 Å². The van der Waals surface area contributed by atoms with Crippen LogP contribution < -0.4 is 5.11 Å². The van der Waals surface area contributed by atoms with Crippen molar-refractivity contribution < 1.29 is 23.9 Å². The normalized spacial score (nSPS) is 12.6. The third-order valence-electron chi connectivity index (χ3n) is 6.81. The van der Waals surface area contributed by atoms with E-state index in [9.17, 15) is 14.7 Å². The average molecular weight is 484 g/mol. The maximum absolute atomic E-state index is 11.9. The van der Waals surface area contributed by atoms with Gasteiger partial charge < -0.3 is 19.1 Å². The Hall–Kier alpha value is -1.10. The van der Waals surface area contributed by atoms with E-state index in [1.54, 1.807) is 0 Å². The average Bonchev–Trinajstić information content (AvgIpc) is 2.77. The van der Waals surface area contributed by atoms with Gasteiger partial charge in [0.05, 0.1) is 20.6 Å². The molecule has 0 heterocycles. The minimum Gasteiger partial charge on any atom is -0.550 e. The number of likely N-dealkylation sites (N-methyl/N-ethyl adjacent to an activating group) is 1. The molecule has 0 saturated heterocycles. The molecule has 5 heteroatoms. The van der Waals surface area contributed by atoms with Gasteiger partial charge in [0.1, 0.15) is 6.54 Å². The molecular weight excluding hydrogens is 426 g/mol. The Balaban J connectivity index is 3.82. The van der Waals surface area contributed by atoms with Gasteiger partial charge in [0, 0.05) is 18.8 Å². The number of carbonyl (C=O) groups is 2. The minimum absolute atomic E-state index is 0.0836. The van der Waals surface area contributed by atoms with E-state index < -0.39 is 5.97 Å². The zero-order chi connectivity index (χ0) is 25.5. The van der Waals surface area contributed by atoms with E-state index >= 15 is 0 Å². The number of quaternary nitrogens is 1. The first-order valence-corrected chi connectivity index (χ1v) is 14.5. The highest BCUT2D eigenvalue weighted by Crippen LogP contribution is 2.16. The quantitative estimate of drug-likeness (QED) is 0.0837. The van der Waals surface area contributed by atoms with Crippen LogP contribution in [0.3, 0.4) is 0 Å². The fourth-order valence-corrected chi connectivity index (χ4v) is 4.67. The minimum atomic E-state index is -0.998. The zero-order valence-electron chi connectivity index (χ0n) is 23.2. The summed E-state index contributed by atoms with van der Waals surface area (Å²) in [5.74, 6) is -1.14. The second-order valence-corrected chi connectivity index (χ2v) is 10.9. The van der Waals surface area contributed by atoms with Crippen molar-refractivity contribution in [3.05, 3.63) is 0 Å². The van der Waals surface area contributed by atoms with E-state index in [0.717, 1.165) is 25.9 Å². The van der Waals surface area contributed by atoms with Crippen molar-refractivity contribution in [3.8, 4) is 0 Å². The molecule has 0 fully saturated rings. The molecule has 0 aromatic carbocycles. The number of aliphatic carboxylic acids is 1. The summed E-state index contributed by atoms with van der Waals surface area (Å²) in [6.45, 7) is 5.58. The van der Waals surface area contributed by atoms with Gasteiger partial charge in [0.15, 0.2) is 6.10 Å². The van der Waals surface area contributed by atoms with Gasteiger partial charge in [-0.05, 0) is 19.3 Å². The molecular formula is C29H57NO4. The van der Waals surface area contributed by atoms with Crippen LogP contribution in [0.2, 0.25) is 0 Å². The Kier molecular flexibility index (Phi) is 21.6.